The number of nitrogens with zero attached hydrogens (tertiary/aromatic N) is 4. The van der Waals surface area contributed by atoms with Gasteiger partial charge in [0, 0.05) is 18.0 Å². The maximum absolute atomic E-state index is 10.7. The van der Waals surface area contributed by atoms with Crippen molar-refractivity contribution in [3.8, 4) is 5.88 Å². The van der Waals surface area contributed by atoms with Crippen molar-refractivity contribution in [1.29, 1.82) is 0 Å². The lowest BCUT2D eigenvalue weighted by molar-refractivity contribution is 0.208. The van der Waals surface area contributed by atoms with E-state index in [9.17, 15) is 5.11 Å². The van der Waals surface area contributed by atoms with Crippen LogP contribution >= 0.6 is 22.7 Å². The van der Waals surface area contributed by atoms with Crippen molar-refractivity contribution < 1.29 is 5.11 Å². The molecule has 0 radical (unpaired) electrons. The molecule has 0 aliphatic carbocycles. The van der Waals surface area contributed by atoms with Crippen LogP contribution in [0, 0.1) is 0 Å². The first-order valence-electron chi connectivity index (χ1n) is 8.17. The second kappa shape index (κ2) is 5.94. The summed E-state index contributed by atoms with van der Waals surface area (Å²) in [5, 5.41) is 16.9. The third kappa shape index (κ3) is 2.47. The monoisotopic (exact) mass is 368 g/mol. The molecule has 4 aromatic rings. The Bertz CT molecular complexity index is 1020. The lowest BCUT2D eigenvalue weighted by Gasteiger charge is -2.34. The van der Waals surface area contributed by atoms with E-state index in [1.165, 1.54) is 38.2 Å². The van der Waals surface area contributed by atoms with Crippen LogP contribution in [0.25, 0.3) is 4.96 Å². The molecule has 3 aromatic heterocycles. The Morgan fingerprint density at radius 1 is 1.12 bits per heavy atom. The summed E-state index contributed by atoms with van der Waals surface area (Å²) in [7, 11) is 0. The summed E-state index contributed by atoms with van der Waals surface area (Å²) in [6, 6.07) is 12.9. The smallest absolute Gasteiger partial charge is 0.230 e. The van der Waals surface area contributed by atoms with Gasteiger partial charge in [-0.25, -0.2) is 4.98 Å². The maximum atomic E-state index is 10.7. The first-order chi connectivity index (χ1) is 12.3. The summed E-state index contributed by atoms with van der Waals surface area (Å²) in [4.78, 5) is 9.56. The van der Waals surface area contributed by atoms with E-state index in [-0.39, 0.29) is 11.9 Å². The summed E-state index contributed by atoms with van der Waals surface area (Å²) < 4.78 is 1.53. The molecule has 0 fully saturated rings. The number of thiazole rings is 1. The van der Waals surface area contributed by atoms with Gasteiger partial charge in [-0.15, -0.1) is 11.3 Å². The van der Waals surface area contributed by atoms with Crippen LogP contribution in [0.5, 0.6) is 5.88 Å². The highest BCUT2D eigenvalue weighted by atomic mass is 32.1. The van der Waals surface area contributed by atoms with E-state index >= 15 is 0 Å². The zero-order chi connectivity index (χ0) is 16.8. The van der Waals surface area contributed by atoms with Crippen LogP contribution in [0.1, 0.15) is 26.9 Å². The van der Waals surface area contributed by atoms with Crippen molar-refractivity contribution in [2.24, 2.45) is 0 Å². The highest BCUT2D eigenvalue weighted by molar-refractivity contribution is 7.17. The van der Waals surface area contributed by atoms with E-state index in [0.29, 0.717) is 0 Å². The molecule has 1 unspecified atom stereocenters. The molecule has 0 bridgehead atoms. The lowest BCUT2D eigenvalue weighted by Crippen LogP contribution is -2.34. The molecule has 4 heterocycles. The molecule has 0 saturated heterocycles. The van der Waals surface area contributed by atoms with E-state index in [2.05, 4.69) is 56.8 Å². The van der Waals surface area contributed by atoms with Crippen LogP contribution in [0.2, 0.25) is 0 Å². The number of thiophene rings is 1. The Balaban J connectivity index is 1.60. The molecular formula is C18H16N4OS2. The van der Waals surface area contributed by atoms with E-state index in [4.69, 9.17) is 0 Å². The summed E-state index contributed by atoms with van der Waals surface area (Å²) in [6.07, 6.45) is 2.51. The fourth-order valence-electron chi connectivity index (χ4n) is 3.53. The van der Waals surface area contributed by atoms with Gasteiger partial charge in [0.2, 0.25) is 10.8 Å². The van der Waals surface area contributed by atoms with Gasteiger partial charge in [0.15, 0.2) is 0 Å². The fourth-order valence-corrected chi connectivity index (χ4v) is 5.56. The summed E-state index contributed by atoms with van der Waals surface area (Å²) in [5.74, 6) is 0.203. The van der Waals surface area contributed by atoms with Crippen LogP contribution in [0.15, 0.2) is 48.1 Å². The molecule has 126 valence electrons. The standard InChI is InChI=1S/C18H16N4OS2/c23-17-16(25-18-19-11-20-22(17)18)15(14-6-3-9-24-14)21-8-7-12-4-1-2-5-13(12)10-21/h1-6,9,11,15,23H,7-8,10H2. The Hall–Kier alpha value is -2.22. The number of aromatic nitrogens is 3. The van der Waals surface area contributed by atoms with Gasteiger partial charge in [0.25, 0.3) is 0 Å². The molecule has 7 heteroatoms. The Kier molecular flexibility index (Phi) is 3.58. The first kappa shape index (κ1) is 15.1. The van der Waals surface area contributed by atoms with Crippen LogP contribution in [0.3, 0.4) is 0 Å². The second-order valence-electron chi connectivity index (χ2n) is 6.15. The van der Waals surface area contributed by atoms with E-state index < -0.39 is 0 Å². The lowest BCUT2D eigenvalue weighted by atomic mass is 9.98. The minimum absolute atomic E-state index is 0.0295. The normalized spacial score (nSPS) is 16.2. The third-order valence-corrected chi connectivity index (χ3v) is 6.74. The maximum Gasteiger partial charge on any atom is 0.230 e. The van der Waals surface area contributed by atoms with Gasteiger partial charge >= 0.3 is 0 Å². The molecule has 1 aliphatic heterocycles. The number of aromatic hydroxyl groups is 1. The SMILES string of the molecule is Oc1c(C(c2cccs2)N2CCc3ccccc3C2)sc2ncnn12. The molecule has 1 aromatic carbocycles. The average molecular weight is 368 g/mol. The molecule has 0 amide bonds. The van der Waals surface area contributed by atoms with Crippen molar-refractivity contribution in [2.75, 3.05) is 6.54 Å². The molecule has 25 heavy (non-hydrogen) atoms. The predicted molar refractivity (Wildman–Crippen MR) is 99.2 cm³/mol. The van der Waals surface area contributed by atoms with Crippen LogP contribution in [0.4, 0.5) is 0 Å². The van der Waals surface area contributed by atoms with E-state index in [0.717, 1.165) is 29.3 Å². The zero-order valence-electron chi connectivity index (χ0n) is 13.4. The average Bonchev–Trinajstić information content (AvgIpc) is 3.37. The second-order valence-corrected chi connectivity index (χ2v) is 8.14. The minimum atomic E-state index is 0.0295. The number of fused-ring (bicyclic) bond motifs is 2. The number of hydrogen-bond donors (Lipinski definition) is 1. The molecule has 0 saturated carbocycles. The highest BCUT2D eigenvalue weighted by Gasteiger charge is 2.31. The Labute approximate surface area is 152 Å². The summed E-state index contributed by atoms with van der Waals surface area (Å²) in [6.45, 7) is 1.85. The molecule has 5 nitrogen and oxygen atoms in total. The topological polar surface area (TPSA) is 53.7 Å². The largest absolute Gasteiger partial charge is 0.492 e. The number of benzene rings is 1. The Morgan fingerprint density at radius 2 is 2.00 bits per heavy atom. The van der Waals surface area contributed by atoms with Crippen molar-refractivity contribution in [2.45, 2.75) is 19.0 Å². The van der Waals surface area contributed by atoms with Crippen LogP contribution < -0.4 is 0 Å². The van der Waals surface area contributed by atoms with E-state index in [1.54, 1.807) is 11.3 Å². The highest BCUT2D eigenvalue weighted by Crippen LogP contribution is 2.42. The van der Waals surface area contributed by atoms with Gasteiger partial charge in [-0.2, -0.15) is 9.61 Å². The molecule has 1 aliphatic rings. The predicted octanol–water partition coefficient (Wildman–Crippen LogP) is 3.71. The van der Waals surface area contributed by atoms with Gasteiger partial charge in [-0.3, -0.25) is 4.90 Å². The van der Waals surface area contributed by atoms with Gasteiger partial charge < -0.3 is 5.11 Å². The van der Waals surface area contributed by atoms with Crippen molar-refractivity contribution in [3.05, 3.63) is 69.0 Å². The minimum Gasteiger partial charge on any atom is -0.492 e. The Morgan fingerprint density at radius 3 is 2.80 bits per heavy atom. The van der Waals surface area contributed by atoms with Crippen LogP contribution in [-0.2, 0) is 13.0 Å². The summed E-state index contributed by atoms with van der Waals surface area (Å²) >= 11 is 3.24. The fraction of sp³-hybridized carbons (Fsp3) is 0.222. The van der Waals surface area contributed by atoms with Gasteiger partial charge in [0.05, 0.1) is 10.9 Å². The molecule has 0 spiro atoms. The third-order valence-electron chi connectivity index (χ3n) is 4.73. The van der Waals surface area contributed by atoms with Crippen LogP contribution in [-0.4, -0.2) is 31.1 Å². The molecule has 1 N–H and O–H groups in total. The van der Waals surface area contributed by atoms with Crippen molar-refractivity contribution in [3.63, 3.8) is 0 Å². The quantitative estimate of drug-likeness (QED) is 0.599. The number of hydrogen-bond acceptors (Lipinski definition) is 6. The zero-order valence-corrected chi connectivity index (χ0v) is 15.0. The molecule has 1 atom stereocenters. The van der Waals surface area contributed by atoms with Crippen molar-refractivity contribution >= 4 is 27.6 Å². The van der Waals surface area contributed by atoms with Crippen molar-refractivity contribution in [1.82, 2.24) is 19.5 Å². The molecular weight excluding hydrogens is 352 g/mol. The van der Waals surface area contributed by atoms with Gasteiger partial charge in [0.1, 0.15) is 6.33 Å². The van der Waals surface area contributed by atoms with Gasteiger partial charge in [-0.1, -0.05) is 41.7 Å². The molecule has 5 rings (SSSR count). The van der Waals surface area contributed by atoms with E-state index in [1.807, 2.05) is 0 Å². The first-order valence-corrected chi connectivity index (χ1v) is 9.86. The number of rotatable bonds is 3. The summed E-state index contributed by atoms with van der Waals surface area (Å²) in [5.41, 5.74) is 2.80. The van der Waals surface area contributed by atoms with Gasteiger partial charge in [-0.05, 0) is 29.0 Å².